The lowest BCUT2D eigenvalue weighted by molar-refractivity contribution is -0.110. The third kappa shape index (κ3) is 4.91. The zero-order chi connectivity index (χ0) is 27.2. The van der Waals surface area contributed by atoms with Crippen molar-refractivity contribution in [2.24, 2.45) is 0 Å². The van der Waals surface area contributed by atoms with Crippen LogP contribution in [0.1, 0.15) is 52.3 Å². The number of amides is 2. The van der Waals surface area contributed by atoms with E-state index in [1.54, 1.807) is 42.5 Å². The van der Waals surface area contributed by atoms with Crippen molar-refractivity contribution in [1.29, 1.82) is 0 Å². The largest absolute Gasteiger partial charge is 0.358 e. The summed E-state index contributed by atoms with van der Waals surface area (Å²) in [4.78, 5) is 31.7. The van der Waals surface area contributed by atoms with Crippen LogP contribution in [0.25, 0.3) is 11.6 Å². The predicted octanol–water partition coefficient (Wildman–Crippen LogP) is 3.92. The first-order valence-corrected chi connectivity index (χ1v) is 14.4. The van der Waals surface area contributed by atoms with Crippen LogP contribution < -0.4 is 10.6 Å². The maximum atomic E-state index is 13.5. The van der Waals surface area contributed by atoms with Gasteiger partial charge in [-0.3, -0.25) is 9.59 Å². The first-order chi connectivity index (χ1) is 18.0. The van der Waals surface area contributed by atoms with E-state index < -0.39 is 9.84 Å². The average Bonchev–Trinajstić information content (AvgIpc) is 3.32. The van der Waals surface area contributed by atoms with Crippen LogP contribution in [0, 0.1) is 13.8 Å². The second kappa shape index (κ2) is 9.89. The van der Waals surface area contributed by atoms with Crippen LogP contribution in [0.15, 0.2) is 53.4 Å². The number of benzene rings is 2. The zero-order valence-electron chi connectivity index (χ0n) is 22.0. The third-order valence-corrected chi connectivity index (χ3v) is 8.84. The Morgan fingerprint density at radius 1 is 1.05 bits per heavy atom. The number of nitrogens with zero attached hydrogens (tertiary/aromatic N) is 1. The van der Waals surface area contributed by atoms with Gasteiger partial charge in [-0.25, -0.2) is 8.42 Å². The molecule has 2 aromatic carbocycles. The Labute approximate surface area is 223 Å². The van der Waals surface area contributed by atoms with E-state index in [0.717, 1.165) is 11.3 Å². The first kappa shape index (κ1) is 25.9. The van der Waals surface area contributed by atoms with E-state index in [1.807, 2.05) is 24.8 Å². The summed E-state index contributed by atoms with van der Waals surface area (Å²) in [6.45, 7) is 9.10. The first-order valence-electron chi connectivity index (χ1n) is 12.7. The summed E-state index contributed by atoms with van der Waals surface area (Å²) in [6.07, 6.45) is 1.71. The second-order valence-electron chi connectivity index (χ2n) is 10.3. The molecule has 1 saturated heterocycles. The van der Waals surface area contributed by atoms with Crippen molar-refractivity contribution in [2.75, 3.05) is 18.4 Å². The number of aromatic amines is 1. The fraction of sp³-hybridized carbons (Fsp3) is 0.310. The lowest BCUT2D eigenvalue weighted by Crippen LogP contribution is -2.55. The van der Waals surface area contributed by atoms with Gasteiger partial charge < -0.3 is 20.5 Å². The molecule has 0 bridgehead atoms. The normalized spacial score (nSPS) is 20.5. The van der Waals surface area contributed by atoms with Gasteiger partial charge in [0.05, 0.1) is 21.8 Å². The molecule has 3 N–H and O–H groups in total. The second-order valence-corrected chi connectivity index (χ2v) is 12.3. The number of hydrogen-bond acceptors (Lipinski definition) is 5. The van der Waals surface area contributed by atoms with Crippen LogP contribution in [-0.2, 0) is 20.4 Å². The highest BCUT2D eigenvalue weighted by molar-refractivity contribution is 7.90. The summed E-state index contributed by atoms with van der Waals surface area (Å²) in [7, 11) is -3.62. The highest BCUT2D eigenvalue weighted by Crippen LogP contribution is 2.36. The zero-order valence-corrected chi connectivity index (χ0v) is 22.8. The maximum absolute atomic E-state index is 13.5. The summed E-state index contributed by atoms with van der Waals surface area (Å²) in [6, 6.07) is 14.1. The molecule has 0 radical (unpaired) electrons. The Morgan fingerprint density at radius 3 is 2.42 bits per heavy atom. The van der Waals surface area contributed by atoms with Gasteiger partial charge in [0.25, 0.3) is 11.8 Å². The van der Waals surface area contributed by atoms with E-state index in [4.69, 9.17) is 0 Å². The number of carbonyl (C=O) groups is 2. The lowest BCUT2D eigenvalue weighted by atomic mass is 10.0. The molecule has 2 aliphatic heterocycles. The monoisotopic (exact) mass is 532 g/mol. The fourth-order valence-electron chi connectivity index (χ4n) is 5.42. The Balaban J connectivity index is 1.48. The topological polar surface area (TPSA) is 111 Å². The Bertz CT molecular complexity index is 1550. The Hall–Kier alpha value is -3.69. The van der Waals surface area contributed by atoms with E-state index in [0.29, 0.717) is 46.7 Å². The number of anilines is 1. The Kier molecular flexibility index (Phi) is 6.75. The average molecular weight is 533 g/mol. The van der Waals surface area contributed by atoms with E-state index in [1.165, 1.54) is 6.07 Å². The van der Waals surface area contributed by atoms with Crippen molar-refractivity contribution in [2.45, 2.75) is 50.4 Å². The molecule has 8 nitrogen and oxygen atoms in total. The molecule has 0 spiro atoms. The molecule has 198 valence electrons. The van der Waals surface area contributed by atoms with Gasteiger partial charge in [-0.15, -0.1) is 0 Å². The number of H-pyrrole nitrogens is 1. The predicted molar refractivity (Wildman–Crippen MR) is 149 cm³/mol. The molecule has 0 aliphatic carbocycles. The molecular weight excluding hydrogens is 500 g/mol. The molecule has 9 heteroatoms. The standard InChI is InChI=1S/C29H32N4O4S/c1-17-14-33(15-18(2)30-17)29(35)27-19(3)26(31-20(27)4)13-24-23-12-22(10-11-25(23)32-28(24)34)38(36,37)16-21-8-6-5-7-9-21/h5-13,17-18,30-31H,14-16H2,1-4H3,(H,32,34)/b24-13-/t17-,18+. The van der Waals surface area contributed by atoms with Crippen LogP contribution in [0.3, 0.4) is 0 Å². The number of aromatic nitrogens is 1. The minimum Gasteiger partial charge on any atom is -0.358 e. The van der Waals surface area contributed by atoms with Crippen LogP contribution in [0.2, 0.25) is 0 Å². The third-order valence-electron chi connectivity index (χ3n) is 7.16. The van der Waals surface area contributed by atoms with Crippen molar-refractivity contribution < 1.29 is 18.0 Å². The molecule has 1 aromatic heterocycles. The lowest BCUT2D eigenvalue weighted by Gasteiger charge is -2.36. The maximum Gasteiger partial charge on any atom is 0.256 e. The van der Waals surface area contributed by atoms with Gasteiger partial charge in [0.15, 0.2) is 9.84 Å². The van der Waals surface area contributed by atoms with Gasteiger partial charge in [-0.05, 0) is 63.1 Å². The van der Waals surface area contributed by atoms with Gasteiger partial charge in [0, 0.05) is 47.8 Å². The number of nitrogens with one attached hydrogen (secondary N) is 3. The minimum absolute atomic E-state index is 0.0355. The molecule has 5 rings (SSSR count). The quantitative estimate of drug-likeness (QED) is 0.432. The van der Waals surface area contributed by atoms with E-state index in [9.17, 15) is 18.0 Å². The van der Waals surface area contributed by atoms with Crippen LogP contribution in [-0.4, -0.2) is 55.3 Å². The molecule has 0 saturated carbocycles. The van der Waals surface area contributed by atoms with Crippen LogP contribution in [0.5, 0.6) is 0 Å². The number of piperazine rings is 1. The number of hydrogen-bond donors (Lipinski definition) is 3. The van der Waals surface area contributed by atoms with Crippen molar-refractivity contribution in [3.8, 4) is 0 Å². The van der Waals surface area contributed by atoms with Gasteiger partial charge >= 0.3 is 0 Å². The van der Waals surface area contributed by atoms with Crippen molar-refractivity contribution in [3.63, 3.8) is 0 Å². The Morgan fingerprint density at radius 2 is 1.74 bits per heavy atom. The molecule has 3 heterocycles. The van der Waals surface area contributed by atoms with Crippen LogP contribution >= 0.6 is 0 Å². The van der Waals surface area contributed by atoms with Gasteiger partial charge in [-0.2, -0.15) is 0 Å². The smallest absolute Gasteiger partial charge is 0.256 e. The molecule has 2 atom stereocenters. The number of aryl methyl sites for hydroxylation is 1. The summed E-state index contributed by atoms with van der Waals surface area (Å²) in [5.41, 5.74) is 4.87. The SMILES string of the molecule is Cc1[nH]c(/C=C2\C(=O)Nc3ccc(S(=O)(=O)Cc4ccccc4)cc32)c(C)c1C(=O)N1C[C@@H](C)N[C@@H](C)C1. The highest BCUT2D eigenvalue weighted by Gasteiger charge is 2.30. The van der Waals surface area contributed by atoms with Crippen LogP contribution in [0.4, 0.5) is 5.69 Å². The molecule has 3 aromatic rings. The number of carbonyl (C=O) groups excluding carboxylic acids is 2. The molecule has 0 unspecified atom stereocenters. The minimum atomic E-state index is -3.62. The van der Waals surface area contributed by atoms with Crippen molar-refractivity contribution in [1.82, 2.24) is 15.2 Å². The molecule has 2 amide bonds. The van der Waals surface area contributed by atoms with Gasteiger partial charge in [0.2, 0.25) is 0 Å². The van der Waals surface area contributed by atoms with Gasteiger partial charge in [0.1, 0.15) is 0 Å². The van der Waals surface area contributed by atoms with E-state index in [-0.39, 0.29) is 34.5 Å². The van der Waals surface area contributed by atoms with E-state index in [2.05, 4.69) is 29.5 Å². The summed E-state index contributed by atoms with van der Waals surface area (Å²) < 4.78 is 26.3. The number of fused-ring (bicyclic) bond motifs is 1. The molecule has 38 heavy (non-hydrogen) atoms. The fourth-order valence-corrected chi connectivity index (χ4v) is 6.79. The van der Waals surface area contributed by atoms with Crippen molar-refractivity contribution >= 4 is 39.0 Å². The van der Waals surface area contributed by atoms with Gasteiger partial charge in [-0.1, -0.05) is 30.3 Å². The summed E-state index contributed by atoms with van der Waals surface area (Å²) >= 11 is 0. The molecule has 2 aliphatic rings. The number of rotatable bonds is 5. The van der Waals surface area contributed by atoms with Crippen molar-refractivity contribution in [3.05, 3.63) is 82.2 Å². The number of sulfone groups is 1. The summed E-state index contributed by atoms with van der Waals surface area (Å²) in [5, 5.41) is 6.27. The molecular formula is C29H32N4O4S. The highest BCUT2D eigenvalue weighted by atomic mass is 32.2. The molecule has 1 fully saturated rings. The van der Waals surface area contributed by atoms with E-state index >= 15 is 0 Å². The summed E-state index contributed by atoms with van der Waals surface area (Å²) in [5.74, 6) is -0.481.